The molecule has 160 valence electrons. The van der Waals surface area contributed by atoms with Gasteiger partial charge in [-0.3, -0.25) is 19.5 Å². The summed E-state index contributed by atoms with van der Waals surface area (Å²) in [6.45, 7) is 3.23. The van der Waals surface area contributed by atoms with Crippen molar-refractivity contribution < 1.29 is 24.6 Å². The number of carbonyl (C=O) groups excluding carboxylic acids is 2. The Balaban J connectivity index is 0.000000687. The van der Waals surface area contributed by atoms with E-state index in [-0.39, 0.29) is 30.7 Å². The standard InChI is InChI=1S/C19H23N5O3.CH2O2/c25-13-8-17(26)24(9-13)12-1-2-14-15(7-12)21-22-18(14)19(27)20-16-10-23-5-3-11(16)4-6-23;2-1-3/h1-2,7,11,13,16,25H,3-6,8-10H2,(H,20,27)(H,21,22);1H,(H,2,3)/t13-,16+;/m0./s1. The van der Waals surface area contributed by atoms with E-state index in [1.54, 1.807) is 11.0 Å². The first-order valence-corrected chi connectivity index (χ1v) is 10.1. The van der Waals surface area contributed by atoms with E-state index < -0.39 is 6.10 Å². The van der Waals surface area contributed by atoms with E-state index in [9.17, 15) is 14.7 Å². The van der Waals surface area contributed by atoms with Crippen molar-refractivity contribution in [3.63, 3.8) is 0 Å². The molecule has 5 heterocycles. The number of β-amino-alcohol motifs (C(OH)–C–C–N with tert-alkyl or cyclic N) is 1. The molecule has 0 spiro atoms. The maximum atomic E-state index is 12.8. The zero-order chi connectivity index (χ0) is 21.3. The van der Waals surface area contributed by atoms with Crippen LogP contribution >= 0.6 is 0 Å². The van der Waals surface area contributed by atoms with Crippen LogP contribution in [0.1, 0.15) is 29.8 Å². The smallest absolute Gasteiger partial charge is 0.290 e. The molecule has 0 unspecified atom stereocenters. The van der Waals surface area contributed by atoms with Gasteiger partial charge < -0.3 is 25.3 Å². The van der Waals surface area contributed by atoms with Crippen LogP contribution in [0.2, 0.25) is 0 Å². The predicted molar refractivity (Wildman–Crippen MR) is 108 cm³/mol. The number of H-pyrrole nitrogens is 1. The number of aliphatic hydroxyl groups is 1. The molecule has 2 bridgehead atoms. The molecule has 0 radical (unpaired) electrons. The van der Waals surface area contributed by atoms with Crippen molar-refractivity contribution in [2.24, 2.45) is 5.92 Å². The lowest BCUT2D eigenvalue weighted by atomic mass is 9.84. The van der Waals surface area contributed by atoms with E-state index in [0.29, 0.717) is 29.4 Å². The van der Waals surface area contributed by atoms with Crippen molar-refractivity contribution in [1.82, 2.24) is 20.4 Å². The molecule has 6 rings (SSSR count). The Kier molecular flexibility index (Phi) is 5.69. The summed E-state index contributed by atoms with van der Waals surface area (Å²) in [7, 11) is 0. The van der Waals surface area contributed by atoms with Gasteiger partial charge in [-0.2, -0.15) is 5.10 Å². The van der Waals surface area contributed by atoms with E-state index in [4.69, 9.17) is 9.90 Å². The van der Waals surface area contributed by atoms with Gasteiger partial charge in [0.05, 0.1) is 24.6 Å². The molecule has 2 aromatic rings. The van der Waals surface area contributed by atoms with Gasteiger partial charge >= 0.3 is 0 Å². The Morgan fingerprint density at radius 2 is 2.00 bits per heavy atom. The Morgan fingerprint density at radius 1 is 1.27 bits per heavy atom. The molecule has 2 atom stereocenters. The molecule has 10 heteroatoms. The van der Waals surface area contributed by atoms with Crippen LogP contribution in [-0.2, 0) is 9.59 Å². The molecule has 0 saturated carbocycles. The summed E-state index contributed by atoms with van der Waals surface area (Å²) >= 11 is 0. The number of aliphatic hydroxyl groups excluding tert-OH is 1. The van der Waals surface area contributed by atoms with E-state index in [2.05, 4.69) is 20.4 Å². The fourth-order valence-electron chi connectivity index (χ4n) is 4.65. The number of rotatable bonds is 3. The van der Waals surface area contributed by atoms with Gasteiger partial charge in [-0.25, -0.2) is 0 Å². The second-order valence-electron chi connectivity index (χ2n) is 7.99. The van der Waals surface area contributed by atoms with Gasteiger partial charge in [0.1, 0.15) is 0 Å². The molecule has 4 N–H and O–H groups in total. The van der Waals surface area contributed by atoms with Crippen LogP contribution in [0.4, 0.5) is 5.69 Å². The highest BCUT2D eigenvalue weighted by atomic mass is 16.3. The fourth-order valence-corrected chi connectivity index (χ4v) is 4.65. The second-order valence-corrected chi connectivity index (χ2v) is 7.99. The van der Waals surface area contributed by atoms with Gasteiger partial charge in [-0.15, -0.1) is 0 Å². The Hall–Kier alpha value is -2.98. The first-order valence-electron chi connectivity index (χ1n) is 10.1. The number of hydrogen-bond donors (Lipinski definition) is 4. The lowest BCUT2D eigenvalue weighted by Gasteiger charge is -2.44. The third-order valence-electron chi connectivity index (χ3n) is 6.15. The number of hydrogen-bond acceptors (Lipinski definition) is 6. The molecule has 4 saturated heterocycles. The normalized spacial score (nSPS) is 27.6. The lowest BCUT2D eigenvalue weighted by Crippen LogP contribution is -2.57. The van der Waals surface area contributed by atoms with E-state index in [1.807, 2.05) is 12.1 Å². The summed E-state index contributed by atoms with van der Waals surface area (Å²) in [6.07, 6.45) is 1.81. The molecule has 1 aromatic heterocycles. The number of aromatic amines is 1. The Bertz CT molecular complexity index is 952. The van der Waals surface area contributed by atoms with Gasteiger partial charge in [-0.05, 0) is 50.0 Å². The van der Waals surface area contributed by atoms with Crippen LogP contribution in [-0.4, -0.2) is 81.9 Å². The van der Waals surface area contributed by atoms with Crippen LogP contribution in [0.15, 0.2) is 18.2 Å². The molecular weight excluding hydrogens is 390 g/mol. The maximum Gasteiger partial charge on any atom is 0.290 e. The van der Waals surface area contributed by atoms with Gasteiger partial charge in [0.2, 0.25) is 5.91 Å². The molecule has 4 fully saturated rings. The SMILES string of the molecule is O=C(N[C@@H]1CN2CCC1CC2)c1n[nH]c2cc(N3C[C@@H](O)CC3=O)ccc12.O=CO. The van der Waals surface area contributed by atoms with Crippen LogP contribution in [0, 0.1) is 5.92 Å². The van der Waals surface area contributed by atoms with Crippen LogP contribution < -0.4 is 10.2 Å². The molecule has 0 aliphatic carbocycles. The number of nitrogens with zero attached hydrogens (tertiary/aromatic N) is 3. The molecule has 4 aliphatic heterocycles. The van der Waals surface area contributed by atoms with E-state index in [1.165, 1.54) is 0 Å². The van der Waals surface area contributed by atoms with Gasteiger partial charge in [0, 0.05) is 23.7 Å². The fraction of sp³-hybridized carbons (Fsp3) is 0.500. The van der Waals surface area contributed by atoms with Gasteiger partial charge in [0.25, 0.3) is 12.4 Å². The van der Waals surface area contributed by atoms with Crippen molar-refractivity contribution >= 4 is 34.9 Å². The first kappa shape index (κ1) is 20.3. The summed E-state index contributed by atoms with van der Waals surface area (Å²) in [5.41, 5.74) is 1.80. The summed E-state index contributed by atoms with van der Waals surface area (Å²) in [5.74, 6) is 0.311. The summed E-state index contributed by atoms with van der Waals surface area (Å²) in [4.78, 5) is 37.1. The van der Waals surface area contributed by atoms with Crippen molar-refractivity contribution in [3.05, 3.63) is 23.9 Å². The number of piperidine rings is 3. The average Bonchev–Trinajstić information content (AvgIpc) is 3.31. The number of benzene rings is 1. The van der Waals surface area contributed by atoms with E-state index in [0.717, 1.165) is 37.9 Å². The minimum atomic E-state index is -0.627. The maximum absolute atomic E-state index is 12.8. The molecule has 10 nitrogen and oxygen atoms in total. The van der Waals surface area contributed by atoms with Crippen LogP contribution in [0.5, 0.6) is 0 Å². The summed E-state index contributed by atoms with van der Waals surface area (Å²) in [6, 6.07) is 5.62. The highest BCUT2D eigenvalue weighted by Crippen LogP contribution is 2.29. The van der Waals surface area contributed by atoms with Crippen molar-refractivity contribution in [1.29, 1.82) is 0 Å². The number of nitrogens with one attached hydrogen (secondary N) is 2. The van der Waals surface area contributed by atoms with Gasteiger partial charge in [0.15, 0.2) is 5.69 Å². The number of carboxylic acid groups (broad SMARTS) is 1. The van der Waals surface area contributed by atoms with Crippen LogP contribution in [0.3, 0.4) is 0 Å². The molecule has 2 amide bonds. The largest absolute Gasteiger partial charge is 0.483 e. The average molecular weight is 415 g/mol. The zero-order valence-corrected chi connectivity index (χ0v) is 16.5. The molecular formula is C20H25N5O5. The number of carbonyl (C=O) groups is 3. The number of amides is 2. The predicted octanol–water partition coefficient (Wildman–Crippen LogP) is 0.185. The zero-order valence-electron chi connectivity index (χ0n) is 16.5. The third-order valence-corrected chi connectivity index (χ3v) is 6.15. The van der Waals surface area contributed by atoms with Crippen LogP contribution in [0.25, 0.3) is 10.9 Å². The first-order chi connectivity index (χ1) is 14.5. The lowest BCUT2D eigenvalue weighted by molar-refractivity contribution is -0.123. The second kappa shape index (κ2) is 8.41. The van der Waals surface area contributed by atoms with Crippen molar-refractivity contribution in [3.8, 4) is 0 Å². The Labute approximate surface area is 172 Å². The quantitative estimate of drug-likeness (QED) is 0.525. The third kappa shape index (κ3) is 3.88. The number of aromatic nitrogens is 2. The Morgan fingerprint density at radius 3 is 2.60 bits per heavy atom. The summed E-state index contributed by atoms with van der Waals surface area (Å²) < 4.78 is 0. The topological polar surface area (TPSA) is 139 Å². The minimum absolute atomic E-state index is 0.0957. The minimum Gasteiger partial charge on any atom is -0.483 e. The molecule has 30 heavy (non-hydrogen) atoms. The number of anilines is 1. The van der Waals surface area contributed by atoms with Gasteiger partial charge in [-0.1, -0.05) is 0 Å². The molecule has 4 aliphatic rings. The monoisotopic (exact) mass is 415 g/mol. The summed E-state index contributed by atoms with van der Waals surface area (Å²) in [5, 5.41) is 27.6. The van der Waals surface area contributed by atoms with E-state index >= 15 is 0 Å². The highest BCUT2D eigenvalue weighted by Gasteiger charge is 2.35. The molecule has 1 aromatic carbocycles. The highest BCUT2D eigenvalue weighted by molar-refractivity contribution is 6.06. The van der Waals surface area contributed by atoms with Crippen molar-refractivity contribution in [2.75, 3.05) is 31.1 Å². The van der Waals surface area contributed by atoms with Crippen molar-refractivity contribution in [2.45, 2.75) is 31.4 Å². The number of fused-ring (bicyclic) bond motifs is 4.